The SMILES string of the molecule is S=C(NCc1ccc(Cl)cc1)Nc1cccnc1Cl. The van der Waals surface area contributed by atoms with Gasteiger partial charge in [-0.05, 0) is 42.0 Å². The van der Waals surface area contributed by atoms with Crippen molar-refractivity contribution >= 4 is 46.2 Å². The van der Waals surface area contributed by atoms with Crippen molar-refractivity contribution in [2.75, 3.05) is 5.32 Å². The van der Waals surface area contributed by atoms with Crippen LogP contribution in [-0.2, 0) is 6.54 Å². The van der Waals surface area contributed by atoms with Crippen LogP contribution in [0.4, 0.5) is 5.69 Å². The van der Waals surface area contributed by atoms with Gasteiger partial charge in [-0.3, -0.25) is 0 Å². The summed E-state index contributed by atoms with van der Waals surface area (Å²) in [4.78, 5) is 3.96. The fourth-order valence-corrected chi connectivity index (χ4v) is 1.91. The van der Waals surface area contributed by atoms with E-state index in [-0.39, 0.29) is 0 Å². The second kappa shape index (κ2) is 6.70. The van der Waals surface area contributed by atoms with Gasteiger partial charge in [-0.1, -0.05) is 35.3 Å². The normalized spacial score (nSPS) is 10.0. The smallest absolute Gasteiger partial charge is 0.171 e. The van der Waals surface area contributed by atoms with Crippen molar-refractivity contribution in [3.8, 4) is 0 Å². The highest BCUT2D eigenvalue weighted by molar-refractivity contribution is 7.80. The minimum atomic E-state index is 0.387. The topological polar surface area (TPSA) is 37.0 Å². The molecule has 0 aliphatic carbocycles. The van der Waals surface area contributed by atoms with Crippen LogP contribution in [0.3, 0.4) is 0 Å². The fourth-order valence-electron chi connectivity index (χ4n) is 1.43. The first-order chi connectivity index (χ1) is 9.15. The van der Waals surface area contributed by atoms with Gasteiger partial charge in [-0.25, -0.2) is 4.98 Å². The predicted molar refractivity (Wildman–Crippen MR) is 83.8 cm³/mol. The molecule has 0 unspecified atom stereocenters. The third-order valence-electron chi connectivity index (χ3n) is 2.37. The minimum Gasteiger partial charge on any atom is -0.358 e. The van der Waals surface area contributed by atoms with Crippen LogP contribution < -0.4 is 10.6 Å². The van der Waals surface area contributed by atoms with Crippen molar-refractivity contribution in [3.63, 3.8) is 0 Å². The molecule has 2 rings (SSSR count). The summed E-state index contributed by atoms with van der Waals surface area (Å²) in [6.07, 6.45) is 1.62. The summed E-state index contributed by atoms with van der Waals surface area (Å²) in [5.74, 6) is 0. The van der Waals surface area contributed by atoms with Crippen LogP contribution in [0.2, 0.25) is 10.2 Å². The van der Waals surface area contributed by atoms with E-state index in [1.54, 1.807) is 12.3 Å². The molecule has 1 aromatic heterocycles. The number of nitrogens with zero attached hydrogens (tertiary/aromatic N) is 1. The molecule has 0 radical (unpaired) electrons. The van der Waals surface area contributed by atoms with Gasteiger partial charge in [-0.2, -0.15) is 0 Å². The van der Waals surface area contributed by atoms with E-state index in [2.05, 4.69) is 15.6 Å². The van der Waals surface area contributed by atoms with E-state index in [0.29, 0.717) is 27.5 Å². The molecular formula is C13H11Cl2N3S. The van der Waals surface area contributed by atoms with Crippen molar-refractivity contribution < 1.29 is 0 Å². The molecule has 0 saturated carbocycles. The summed E-state index contributed by atoms with van der Waals surface area (Å²) in [7, 11) is 0. The lowest BCUT2D eigenvalue weighted by molar-refractivity contribution is 0.926. The summed E-state index contributed by atoms with van der Waals surface area (Å²) in [5, 5.41) is 7.67. The standard InChI is InChI=1S/C13H11Cl2N3S/c14-10-5-3-9(4-6-10)8-17-13(19)18-11-2-1-7-16-12(11)15/h1-7H,8H2,(H2,17,18,19). The molecule has 1 heterocycles. The number of aromatic nitrogens is 1. The molecule has 3 nitrogen and oxygen atoms in total. The first-order valence-corrected chi connectivity index (χ1v) is 6.71. The van der Waals surface area contributed by atoms with Crippen LogP contribution in [-0.4, -0.2) is 10.1 Å². The van der Waals surface area contributed by atoms with E-state index in [1.807, 2.05) is 30.3 Å². The first kappa shape index (κ1) is 14.1. The highest BCUT2D eigenvalue weighted by Gasteiger charge is 2.02. The Labute approximate surface area is 127 Å². The van der Waals surface area contributed by atoms with Crippen LogP contribution in [0.5, 0.6) is 0 Å². The predicted octanol–water partition coefficient (Wildman–Crippen LogP) is 3.88. The molecule has 0 spiro atoms. The molecule has 0 saturated heterocycles. The number of rotatable bonds is 3. The minimum absolute atomic E-state index is 0.387. The van der Waals surface area contributed by atoms with Crippen molar-refractivity contribution in [2.45, 2.75) is 6.54 Å². The Kier molecular flexibility index (Phi) is 4.96. The molecule has 0 aliphatic heterocycles. The summed E-state index contributed by atoms with van der Waals surface area (Å²) in [6, 6.07) is 11.2. The number of pyridine rings is 1. The average molecular weight is 312 g/mol. The van der Waals surface area contributed by atoms with Crippen LogP contribution in [0.25, 0.3) is 0 Å². The first-order valence-electron chi connectivity index (χ1n) is 5.55. The van der Waals surface area contributed by atoms with Crippen LogP contribution >= 0.6 is 35.4 Å². The molecule has 0 bridgehead atoms. The molecular weight excluding hydrogens is 301 g/mol. The Morgan fingerprint density at radius 1 is 1.16 bits per heavy atom. The van der Waals surface area contributed by atoms with Crippen LogP contribution in [0, 0.1) is 0 Å². The molecule has 98 valence electrons. The van der Waals surface area contributed by atoms with E-state index < -0.39 is 0 Å². The second-order valence-corrected chi connectivity index (χ2v) is 4.98. The summed E-state index contributed by atoms with van der Waals surface area (Å²) < 4.78 is 0. The maximum Gasteiger partial charge on any atom is 0.171 e. The van der Waals surface area contributed by atoms with Gasteiger partial charge < -0.3 is 10.6 Å². The summed E-state index contributed by atoms with van der Waals surface area (Å²) in [6.45, 7) is 0.612. The maximum absolute atomic E-state index is 5.93. The van der Waals surface area contributed by atoms with Gasteiger partial charge in [0.25, 0.3) is 0 Å². The number of thiocarbonyl (C=S) groups is 1. The lowest BCUT2D eigenvalue weighted by Crippen LogP contribution is -2.28. The molecule has 6 heteroatoms. The lowest BCUT2D eigenvalue weighted by Gasteiger charge is -2.11. The van der Waals surface area contributed by atoms with E-state index in [4.69, 9.17) is 35.4 Å². The molecule has 0 fully saturated rings. The zero-order valence-corrected chi connectivity index (χ0v) is 12.2. The largest absolute Gasteiger partial charge is 0.358 e. The lowest BCUT2D eigenvalue weighted by atomic mass is 10.2. The molecule has 2 aromatic rings. The molecule has 0 atom stereocenters. The molecule has 19 heavy (non-hydrogen) atoms. The van der Waals surface area contributed by atoms with Crippen molar-refractivity contribution in [3.05, 3.63) is 58.3 Å². The molecule has 2 N–H and O–H groups in total. The van der Waals surface area contributed by atoms with Gasteiger partial charge in [0, 0.05) is 17.8 Å². The average Bonchev–Trinajstić information content (AvgIpc) is 2.41. The highest BCUT2D eigenvalue weighted by atomic mass is 35.5. The van der Waals surface area contributed by atoms with Crippen molar-refractivity contribution in [1.29, 1.82) is 0 Å². The maximum atomic E-state index is 5.93. The van der Waals surface area contributed by atoms with E-state index >= 15 is 0 Å². The Balaban J connectivity index is 1.88. The number of hydrogen-bond donors (Lipinski definition) is 2. The van der Waals surface area contributed by atoms with Gasteiger partial charge in [-0.15, -0.1) is 0 Å². The third-order valence-corrected chi connectivity index (χ3v) is 3.17. The zero-order chi connectivity index (χ0) is 13.7. The van der Waals surface area contributed by atoms with E-state index in [9.17, 15) is 0 Å². The van der Waals surface area contributed by atoms with Crippen molar-refractivity contribution in [2.24, 2.45) is 0 Å². The van der Waals surface area contributed by atoms with Gasteiger partial charge in [0.2, 0.25) is 0 Å². The summed E-state index contributed by atoms with van der Waals surface area (Å²) in [5.41, 5.74) is 1.77. The van der Waals surface area contributed by atoms with E-state index in [0.717, 1.165) is 5.56 Å². The number of benzene rings is 1. The van der Waals surface area contributed by atoms with Crippen LogP contribution in [0.1, 0.15) is 5.56 Å². The number of halogens is 2. The van der Waals surface area contributed by atoms with Crippen LogP contribution in [0.15, 0.2) is 42.6 Å². The highest BCUT2D eigenvalue weighted by Crippen LogP contribution is 2.17. The second-order valence-electron chi connectivity index (χ2n) is 3.78. The number of anilines is 1. The van der Waals surface area contributed by atoms with Gasteiger partial charge in [0.05, 0.1) is 5.69 Å². The Bertz CT molecular complexity index is 572. The summed E-state index contributed by atoms with van der Waals surface area (Å²) >= 11 is 16.9. The zero-order valence-electron chi connectivity index (χ0n) is 9.86. The van der Waals surface area contributed by atoms with Crippen molar-refractivity contribution in [1.82, 2.24) is 10.3 Å². The number of nitrogens with one attached hydrogen (secondary N) is 2. The Morgan fingerprint density at radius 3 is 2.58 bits per heavy atom. The molecule has 0 amide bonds. The van der Waals surface area contributed by atoms with Gasteiger partial charge in [0.1, 0.15) is 0 Å². The molecule has 0 aliphatic rings. The van der Waals surface area contributed by atoms with Gasteiger partial charge in [0.15, 0.2) is 10.3 Å². The van der Waals surface area contributed by atoms with E-state index in [1.165, 1.54) is 0 Å². The third kappa shape index (κ3) is 4.35. The number of hydrogen-bond acceptors (Lipinski definition) is 2. The Morgan fingerprint density at radius 2 is 1.89 bits per heavy atom. The monoisotopic (exact) mass is 311 g/mol. The molecule has 1 aromatic carbocycles. The van der Waals surface area contributed by atoms with Gasteiger partial charge >= 0.3 is 0 Å². The quantitative estimate of drug-likeness (QED) is 0.666. The Hall–Kier alpha value is -1.36. The fraction of sp³-hybridized carbons (Fsp3) is 0.0769.